The summed E-state index contributed by atoms with van der Waals surface area (Å²) >= 11 is 9.15. The van der Waals surface area contributed by atoms with E-state index in [1.807, 2.05) is 36.8 Å². The smallest absolute Gasteiger partial charge is 0.261 e. The molecular weight excluding hydrogens is 626 g/mol. The van der Waals surface area contributed by atoms with Crippen LogP contribution in [0.25, 0.3) is 0 Å². The van der Waals surface area contributed by atoms with Crippen LogP contribution in [0.15, 0.2) is 60.1 Å². The Morgan fingerprint density at radius 2 is 2.13 bits per heavy atom. The highest BCUT2D eigenvalue weighted by Crippen LogP contribution is 2.47. The van der Waals surface area contributed by atoms with Gasteiger partial charge in [0.25, 0.3) is 5.91 Å². The minimum absolute atomic E-state index is 0.0342. The van der Waals surface area contributed by atoms with Gasteiger partial charge in [0, 0.05) is 47.8 Å². The second-order valence-electron chi connectivity index (χ2n) is 12.9. The number of aryl methyl sites for hydroxylation is 1. The Kier molecular flexibility index (Phi) is 9.17. The fourth-order valence-electron chi connectivity index (χ4n) is 7.69. The normalized spacial score (nSPS) is 29.8. The van der Waals surface area contributed by atoms with Crippen LogP contribution in [-0.4, -0.2) is 54.2 Å². The number of aliphatic hydroxyl groups is 1. The summed E-state index contributed by atoms with van der Waals surface area (Å²) in [4.78, 5) is 20.4. The van der Waals surface area contributed by atoms with Crippen molar-refractivity contribution in [2.75, 3.05) is 31.7 Å². The van der Waals surface area contributed by atoms with Crippen molar-refractivity contribution in [1.29, 1.82) is 0 Å². The molecule has 1 aromatic heterocycles. The first-order valence-corrected chi connectivity index (χ1v) is 18.1. The van der Waals surface area contributed by atoms with Crippen molar-refractivity contribution in [1.82, 2.24) is 9.71 Å². The van der Waals surface area contributed by atoms with E-state index in [1.165, 1.54) is 34.4 Å². The number of aliphatic hydroxyl groups excluding tert-OH is 1. The standard InChI is InChI=1S/C35H40ClN3O4S2/c1-42-29-6-2-3-7-31(32(40)34-37-15-16-44-34)45-38-33(41)23-9-13-30-28(18-23)39(19-24-8-11-26(24)29)20-35(21-43-30)14-4-5-22-17-25(36)10-12-27(22)35/h2,6,9-10,12-13,15-18,24,26,29,31-32,40H,3-5,7-8,11,14,19-21H2,1H3,(H,38,41)/b6-2-/t24-,26+,29-,31+,32+,35-/m0/s1. The highest BCUT2D eigenvalue weighted by atomic mass is 35.5. The summed E-state index contributed by atoms with van der Waals surface area (Å²) in [6, 6.07) is 12.1. The van der Waals surface area contributed by atoms with E-state index in [0.29, 0.717) is 35.4 Å². The molecule has 1 spiro atoms. The number of aromatic nitrogens is 1. The lowest BCUT2D eigenvalue weighted by atomic mass is 9.68. The zero-order valence-electron chi connectivity index (χ0n) is 25.5. The largest absolute Gasteiger partial charge is 0.490 e. The summed E-state index contributed by atoms with van der Waals surface area (Å²) in [5.41, 5.74) is 4.02. The van der Waals surface area contributed by atoms with Crippen LogP contribution in [-0.2, 0) is 16.6 Å². The van der Waals surface area contributed by atoms with E-state index in [2.05, 4.69) is 38.9 Å². The SMILES string of the molecule is CO[C@H]1/C=C\CC[C@H]([C@@H](O)c2nccs2)SNC(=O)c2ccc3c(c2)N(C[C@@H]2CC[C@H]21)C[C@@]1(CCCc2cc(Cl)ccc21)CO3. The van der Waals surface area contributed by atoms with Gasteiger partial charge in [-0.05, 0) is 110 Å². The van der Waals surface area contributed by atoms with Crippen LogP contribution in [0.2, 0.25) is 5.02 Å². The van der Waals surface area contributed by atoms with Gasteiger partial charge in [0.15, 0.2) is 0 Å². The first-order chi connectivity index (χ1) is 21.9. The Morgan fingerprint density at radius 1 is 1.22 bits per heavy atom. The molecule has 1 saturated carbocycles. The lowest BCUT2D eigenvalue weighted by Gasteiger charge is -2.46. The van der Waals surface area contributed by atoms with Crippen LogP contribution < -0.4 is 14.4 Å². The monoisotopic (exact) mass is 665 g/mol. The van der Waals surface area contributed by atoms with Crippen LogP contribution in [0.5, 0.6) is 5.75 Å². The fraction of sp³-hybridized carbons (Fsp3) is 0.486. The van der Waals surface area contributed by atoms with Crippen molar-refractivity contribution in [3.8, 4) is 5.75 Å². The highest BCUT2D eigenvalue weighted by Gasteiger charge is 2.44. The molecule has 0 radical (unpaired) electrons. The number of hydrogen-bond acceptors (Lipinski definition) is 8. The van der Waals surface area contributed by atoms with Crippen LogP contribution in [0, 0.1) is 11.8 Å². The molecule has 1 fully saturated rings. The van der Waals surface area contributed by atoms with Crippen molar-refractivity contribution < 1.29 is 19.4 Å². The Morgan fingerprint density at radius 3 is 2.93 bits per heavy atom. The average Bonchev–Trinajstić information content (AvgIpc) is 3.53. The highest BCUT2D eigenvalue weighted by molar-refractivity contribution is 7.98. The van der Waals surface area contributed by atoms with Gasteiger partial charge in [-0.25, -0.2) is 4.98 Å². The number of fused-ring (bicyclic) bond motifs is 4. The van der Waals surface area contributed by atoms with Crippen LogP contribution in [0.4, 0.5) is 5.69 Å². The number of ether oxygens (including phenoxy) is 2. The van der Waals surface area contributed by atoms with Crippen molar-refractivity contribution >= 4 is 46.5 Å². The fourth-order valence-corrected chi connectivity index (χ4v) is 9.54. The third kappa shape index (κ3) is 6.26. The zero-order chi connectivity index (χ0) is 31.0. The molecule has 2 aliphatic heterocycles. The number of hydrogen-bond donors (Lipinski definition) is 2. The van der Waals surface area contributed by atoms with Gasteiger partial charge in [0.05, 0.1) is 23.6 Å². The maximum Gasteiger partial charge on any atom is 0.261 e. The van der Waals surface area contributed by atoms with E-state index in [0.717, 1.165) is 68.1 Å². The summed E-state index contributed by atoms with van der Waals surface area (Å²) in [6.45, 7) is 2.27. The van der Waals surface area contributed by atoms with Gasteiger partial charge in [-0.1, -0.05) is 29.8 Å². The molecule has 2 aromatic carbocycles. The number of thiazole rings is 1. The molecule has 238 valence electrons. The average molecular weight is 666 g/mol. The molecule has 1 amide bonds. The first-order valence-electron chi connectivity index (χ1n) is 16.0. The quantitative estimate of drug-likeness (QED) is 0.227. The minimum Gasteiger partial charge on any atom is -0.490 e. The molecule has 7 nitrogen and oxygen atoms in total. The predicted octanol–water partition coefficient (Wildman–Crippen LogP) is 7.14. The molecule has 45 heavy (non-hydrogen) atoms. The molecule has 2 bridgehead atoms. The van der Waals surface area contributed by atoms with Crippen molar-refractivity contribution in [3.05, 3.63) is 86.8 Å². The number of nitrogens with zero attached hydrogens (tertiary/aromatic N) is 2. The van der Waals surface area contributed by atoms with Gasteiger partial charge in [0.2, 0.25) is 0 Å². The second-order valence-corrected chi connectivity index (χ2v) is 15.3. The maximum atomic E-state index is 13.6. The predicted molar refractivity (Wildman–Crippen MR) is 182 cm³/mol. The maximum absolute atomic E-state index is 13.6. The van der Waals surface area contributed by atoms with Crippen LogP contribution in [0.3, 0.4) is 0 Å². The van der Waals surface area contributed by atoms with E-state index in [9.17, 15) is 9.90 Å². The molecular formula is C35H40ClN3O4S2. The first kappa shape index (κ1) is 31.1. The lowest BCUT2D eigenvalue weighted by molar-refractivity contribution is 0.0131. The Labute approximate surface area is 278 Å². The third-order valence-electron chi connectivity index (χ3n) is 10.2. The Hall–Kier alpha value is -2.56. The summed E-state index contributed by atoms with van der Waals surface area (Å²) in [5, 5.41) is 14.2. The molecule has 0 unspecified atom stereocenters. The number of allylic oxidation sites excluding steroid dienone is 1. The van der Waals surface area contributed by atoms with E-state index >= 15 is 0 Å². The number of anilines is 1. The number of rotatable bonds is 3. The van der Waals surface area contributed by atoms with Gasteiger partial charge >= 0.3 is 0 Å². The minimum atomic E-state index is -0.780. The number of carbonyl (C=O) groups excluding carboxylic acids is 1. The van der Waals surface area contributed by atoms with Gasteiger partial charge in [0.1, 0.15) is 16.9 Å². The molecule has 2 aliphatic carbocycles. The molecule has 3 heterocycles. The van der Waals surface area contributed by atoms with E-state index in [1.54, 1.807) is 6.20 Å². The van der Waals surface area contributed by atoms with E-state index < -0.39 is 6.10 Å². The molecule has 3 aromatic rings. The lowest BCUT2D eigenvalue weighted by Crippen LogP contribution is -2.49. The van der Waals surface area contributed by atoms with Crippen molar-refractivity contribution in [2.45, 2.75) is 67.8 Å². The summed E-state index contributed by atoms with van der Waals surface area (Å²) in [6.07, 6.45) is 12.2. The number of carbonyl (C=O) groups is 1. The van der Waals surface area contributed by atoms with Gasteiger partial charge < -0.3 is 19.5 Å². The molecule has 2 N–H and O–H groups in total. The van der Waals surface area contributed by atoms with Crippen LogP contribution >= 0.6 is 34.9 Å². The van der Waals surface area contributed by atoms with Crippen LogP contribution in [0.1, 0.15) is 71.1 Å². The Balaban J connectivity index is 1.24. The number of nitrogens with one attached hydrogen (secondary N) is 1. The Bertz CT molecular complexity index is 1550. The molecule has 6 atom stereocenters. The molecule has 4 aliphatic rings. The third-order valence-corrected chi connectivity index (χ3v) is 12.4. The number of halogens is 1. The van der Waals surface area contributed by atoms with Crippen molar-refractivity contribution in [2.24, 2.45) is 11.8 Å². The zero-order valence-corrected chi connectivity index (χ0v) is 27.9. The number of methoxy groups -OCH3 is 1. The number of benzene rings is 2. The number of amides is 1. The second kappa shape index (κ2) is 13.3. The van der Waals surface area contributed by atoms with Gasteiger partial charge in [-0.3, -0.25) is 9.52 Å². The van der Waals surface area contributed by atoms with E-state index in [4.69, 9.17) is 21.1 Å². The van der Waals surface area contributed by atoms with Gasteiger partial charge in [-0.2, -0.15) is 0 Å². The molecule has 10 heteroatoms. The summed E-state index contributed by atoms with van der Waals surface area (Å²) in [7, 11) is 1.81. The molecule has 7 rings (SSSR count). The van der Waals surface area contributed by atoms with Gasteiger partial charge in [-0.15, -0.1) is 11.3 Å². The topological polar surface area (TPSA) is 83.9 Å². The van der Waals surface area contributed by atoms with E-state index in [-0.39, 0.29) is 22.7 Å². The van der Waals surface area contributed by atoms with Crippen molar-refractivity contribution in [3.63, 3.8) is 0 Å². The molecule has 0 saturated heterocycles. The summed E-state index contributed by atoms with van der Waals surface area (Å²) in [5.74, 6) is 1.50. The summed E-state index contributed by atoms with van der Waals surface area (Å²) < 4.78 is 15.8.